The van der Waals surface area contributed by atoms with Crippen LogP contribution in [0.4, 0.5) is 0 Å². The minimum Gasteiger partial charge on any atom is -0.345 e. The fourth-order valence-corrected chi connectivity index (χ4v) is 1.86. The Morgan fingerprint density at radius 3 is 2.57 bits per heavy atom. The number of carbonyl (C=O) groups excluding carboxylic acids is 1. The molecule has 0 aliphatic rings. The van der Waals surface area contributed by atoms with Crippen molar-refractivity contribution in [2.24, 2.45) is 0 Å². The summed E-state index contributed by atoms with van der Waals surface area (Å²) in [7, 11) is 0. The predicted molar refractivity (Wildman–Crippen MR) is 80.8 cm³/mol. The lowest BCUT2D eigenvalue weighted by Gasteiger charge is -2.13. The van der Waals surface area contributed by atoms with E-state index in [0.717, 1.165) is 5.56 Å². The molecule has 2 rings (SSSR count). The Morgan fingerprint density at radius 1 is 1.24 bits per heavy atom. The van der Waals surface area contributed by atoms with E-state index in [1.807, 2.05) is 43.3 Å². The maximum Gasteiger partial charge on any atom is 0.262 e. The summed E-state index contributed by atoms with van der Waals surface area (Å²) in [5.74, 6) is -0.403. The number of rotatable bonds is 4. The molecule has 0 spiro atoms. The quantitative estimate of drug-likeness (QED) is 0.690. The van der Waals surface area contributed by atoms with E-state index in [2.05, 4.69) is 10.3 Å². The first-order valence-corrected chi connectivity index (χ1v) is 6.59. The third kappa shape index (κ3) is 4.02. The number of benzene rings is 1. The second-order valence-electron chi connectivity index (χ2n) is 4.53. The number of pyridine rings is 1. The van der Waals surface area contributed by atoms with E-state index in [4.69, 9.17) is 5.26 Å². The highest BCUT2D eigenvalue weighted by Gasteiger charge is 2.13. The van der Waals surface area contributed by atoms with Gasteiger partial charge >= 0.3 is 0 Å². The van der Waals surface area contributed by atoms with Gasteiger partial charge in [-0.15, -0.1) is 0 Å². The molecule has 1 heterocycles. The van der Waals surface area contributed by atoms with Gasteiger partial charge in [0.05, 0.1) is 11.7 Å². The van der Waals surface area contributed by atoms with E-state index in [9.17, 15) is 4.79 Å². The molecule has 0 radical (unpaired) electrons. The summed E-state index contributed by atoms with van der Waals surface area (Å²) in [5.41, 5.74) is 1.61. The van der Waals surface area contributed by atoms with E-state index in [-0.39, 0.29) is 11.6 Å². The minimum atomic E-state index is -0.403. The summed E-state index contributed by atoms with van der Waals surface area (Å²) in [4.78, 5) is 16.2. The highest BCUT2D eigenvalue weighted by atomic mass is 16.1. The van der Waals surface area contributed by atoms with Crippen LogP contribution in [0.5, 0.6) is 0 Å². The molecule has 0 bridgehead atoms. The van der Waals surface area contributed by atoms with Crippen LogP contribution in [0.2, 0.25) is 0 Å². The van der Waals surface area contributed by atoms with Gasteiger partial charge in [0.2, 0.25) is 0 Å². The molecule has 1 aromatic carbocycles. The maximum atomic E-state index is 12.1. The van der Waals surface area contributed by atoms with Crippen molar-refractivity contribution in [3.63, 3.8) is 0 Å². The van der Waals surface area contributed by atoms with Gasteiger partial charge in [-0.2, -0.15) is 5.26 Å². The summed E-state index contributed by atoms with van der Waals surface area (Å²) in [5, 5.41) is 11.9. The molecule has 2 aromatic rings. The van der Waals surface area contributed by atoms with Crippen LogP contribution in [0.15, 0.2) is 60.3 Å². The van der Waals surface area contributed by atoms with Crippen LogP contribution in [-0.4, -0.2) is 10.9 Å². The molecule has 1 aromatic heterocycles. The molecule has 0 unspecified atom stereocenters. The zero-order valence-electron chi connectivity index (χ0n) is 11.7. The lowest BCUT2D eigenvalue weighted by atomic mass is 10.1. The number of nitrogens with zero attached hydrogens (tertiary/aromatic N) is 2. The number of hydrogen-bond acceptors (Lipinski definition) is 3. The molecule has 0 saturated heterocycles. The van der Waals surface area contributed by atoms with Gasteiger partial charge in [-0.05, 0) is 30.7 Å². The molecular weight excluding hydrogens is 262 g/mol. The number of hydrogen-bond donors (Lipinski definition) is 1. The smallest absolute Gasteiger partial charge is 0.262 e. The molecule has 4 nitrogen and oxygen atoms in total. The average molecular weight is 277 g/mol. The fourth-order valence-electron chi connectivity index (χ4n) is 1.86. The predicted octanol–water partition coefficient (Wildman–Crippen LogP) is 2.87. The van der Waals surface area contributed by atoms with E-state index < -0.39 is 5.91 Å². The second-order valence-corrected chi connectivity index (χ2v) is 4.53. The maximum absolute atomic E-state index is 12.1. The summed E-state index contributed by atoms with van der Waals surface area (Å²) in [6.07, 6.45) is 3.10. The van der Waals surface area contributed by atoms with Gasteiger partial charge in [-0.3, -0.25) is 9.78 Å². The van der Waals surface area contributed by atoms with Crippen molar-refractivity contribution in [3.05, 3.63) is 71.6 Å². The Hall–Kier alpha value is -2.93. The van der Waals surface area contributed by atoms with E-state index in [0.29, 0.717) is 5.69 Å². The molecular formula is C17H15N3O. The van der Waals surface area contributed by atoms with Gasteiger partial charge in [-0.25, -0.2) is 0 Å². The first-order chi connectivity index (χ1) is 10.2. The van der Waals surface area contributed by atoms with Gasteiger partial charge in [0, 0.05) is 6.20 Å². The first-order valence-electron chi connectivity index (χ1n) is 6.59. The van der Waals surface area contributed by atoms with E-state index >= 15 is 0 Å². The molecule has 1 amide bonds. The molecule has 0 aliphatic carbocycles. The monoisotopic (exact) mass is 277 g/mol. The average Bonchev–Trinajstić information content (AvgIpc) is 2.54. The Bertz CT molecular complexity index is 672. The molecule has 1 atom stereocenters. The number of carbonyl (C=O) groups is 1. The number of aromatic nitrogens is 1. The van der Waals surface area contributed by atoms with Crippen molar-refractivity contribution in [1.29, 1.82) is 5.26 Å². The zero-order chi connectivity index (χ0) is 15.1. The van der Waals surface area contributed by atoms with Gasteiger partial charge in [0.1, 0.15) is 11.6 Å². The zero-order valence-corrected chi connectivity index (χ0v) is 11.7. The Labute approximate surface area is 123 Å². The van der Waals surface area contributed by atoms with Crippen LogP contribution in [-0.2, 0) is 4.79 Å². The summed E-state index contributed by atoms with van der Waals surface area (Å²) < 4.78 is 0. The Kier molecular flexibility index (Phi) is 4.84. The molecule has 4 heteroatoms. The number of amides is 1. The number of nitriles is 1. The van der Waals surface area contributed by atoms with Crippen LogP contribution in [0, 0.1) is 11.3 Å². The van der Waals surface area contributed by atoms with Crippen molar-refractivity contribution in [2.45, 2.75) is 13.0 Å². The molecule has 21 heavy (non-hydrogen) atoms. The molecule has 1 N–H and O–H groups in total. The van der Waals surface area contributed by atoms with E-state index in [1.165, 1.54) is 6.08 Å². The van der Waals surface area contributed by atoms with Crippen molar-refractivity contribution < 1.29 is 4.79 Å². The largest absolute Gasteiger partial charge is 0.345 e. The Balaban J connectivity index is 2.11. The van der Waals surface area contributed by atoms with Crippen LogP contribution >= 0.6 is 0 Å². The molecule has 0 saturated carbocycles. The second kappa shape index (κ2) is 7.01. The third-order valence-electron chi connectivity index (χ3n) is 2.99. The van der Waals surface area contributed by atoms with Crippen molar-refractivity contribution in [2.75, 3.05) is 0 Å². The summed E-state index contributed by atoms with van der Waals surface area (Å²) in [6, 6.07) is 16.7. The Morgan fingerprint density at radius 2 is 1.95 bits per heavy atom. The van der Waals surface area contributed by atoms with Crippen molar-refractivity contribution in [1.82, 2.24) is 10.3 Å². The topological polar surface area (TPSA) is 65.8 Å². The van der Waals surface area contributed by atoms with Gasteiger partial charge in [-0.1, -0.05) is 36.4 Å². The summed E-state index contributed by atoms with van der Waals surface area (Å²) >= 11 is 0. The van der Waals surface area contributed by atoms with Gasteiger partial charge < -0.3 is 5.32 Å². The molecule has 0 aliphatic heterocycles. The number of nitrogens with one attached hydrogen (secondary N) is 1. The lowest BCUT2D eigenvalue weighted by molar-refractivity contribution is -0.117. The van der Waals surface area contributed by atoms with E-state index in [1.54, 1.807) is 24.4 Å². The SMILES string of the molecule is C[C@H](NC(=O)C(C#N)=Cc1ccccn1)c1ccccc1. The van der Waals surface area contributed by atoms with Crippen molar-refractivity contribution in [3.8, 4) is 6.07 Å². The highest BCUT2D eigenvalue weighted by molar-refractivity contribution is 6.01. The normalized spacial score (nSPS) is 12.3. The molecule has 104 valence electrons. The third-order valence-corrected chi connectivity index (χ3v) is 2.99. The standard InChI is InChI=1S/C17H15N3O/c1-13(14-7-3-2-4-8-14)20-17(21)15(12-18)11-16-9-5-6-10-19-16/h2-11,13H,1H3,(H,20,21)/t13-/m0/s1. The van der Waals surface area contributed by atoms with Crippen LogP contribution < -0.4 is 5.32 Å². The minimum absolute atomic E-state index is 0.0384. The van der Waals surface area contributed by atoms with Crippen LogP contribution in [0.3, 0.4) is 0 Å². The highest BCUT2D eigenvalue weighted by Crippen LogP contribution is 2.12. The lowest BCUT2D eigenvalue weighted by Crippen LogP contribution is -2.27. The molecule has 0 fully saturated rings. The van der Waals surface area contributed by atoms with Gasteiger partial charge in [0.25, 0.3) is 5.91 Å². The van der Waals surface area contributed by atoms with Crippen LogP contribution in [0.1, 0.15) is 24.2 Å². The van der Waals surface area contributed by atoms with Crippen LogP contribution in [0.25, 0.3) is 6.08 Å². The first kappa shape index (κ1) is 14.5. The van der Waals surface area contributed by atoms with Crippen molar-refractivity contribution >= 4 is 12.0 Å². The fraction of sp³-hybridized carbons (Fsp3) is 0.118. The van der Waals surface area contributed by atoms with Gasteiger partial charge in [0.15, 0.2) is 0 Å². The summed E-state index contributed by atoms with van der Waals surface area (Å²) in [6.45, 7) is 1.88.